The summed E-state index contributed by atoms with van der Waals surface area (Å²) < 4.78 is 45.8. The number of aliphatic hydroxyl groups is 8. The molecule has 61 heavy (non-hydrogen) atoms. The zero-order valence-electron chi connectivity index (χ0n) is 32.1. The van der Waals surface area contributed by atoms with Crippen LogP contribution in [0.25, 0.3) is 28.4 Å². The van der Waals surface area contributed by atoms with E-state index in [4.69, 9.17) is 37.6 Å². The Morgan fingerprint density at radius 2 is 1.51 bits per heavy atom. The summed E-state index contributed by atoms with van der Waals surface area (Å²) in [4.78, 5) is 27.1. The Morgan fingerprint density at radius 3 is 2.21 bits per heavy atom. The largest absolute Gasteiger partial charge is 0.508 e. The van der Waals surface area contributed by atoms with E-state index in [1.54, 1.807) is 30.3 Å². The Hall–Kier alpha value is -5.20. The lowest BCUT2D eigenvalue weighted by Crippen LogP contribution is -2.64. The van der Waals surface area contributed by atoms with Gasteiger partial charge in [-0.15, -0.1) is 0 Å². The first-order chi connectivity index (χ1) is 29.1. The second-order valence-electron chi connectivity index (χ2n) is 14.6. The summed E-state index contributed by atoms with van der Waals surface area (Å²) in [5, 5.41) is 105. The number of carbonyl (C=O) groups excluding carboxylic acids is 1. The number of rotatable bonds is 11. The van der Waals surface area contributed by atoms with Gasteiger partial charge in [-0.25, -0.2) is 4.79 Å². The Labute approximate surface area is 345 Å². The third-order valence-electron chi connectivity index (χ3n) is 10.3. The van der Waals surface area contributed by atoms with E-state index in [0.29, 0.717) is 5.56 Å². The number of aliphatic hydroxyl groups excluding tert-OH is 8. The normalized spacial score (nSPS) is 33.1. The van der Waals surface area contributed by atoms with Gasteiger partial charge in [0, 0.05) is 23.8 Å². The van der Waals surface area contributed by atoms with E-state index in [9.17, 15) is 60.7 Å². The second kappa shape index (κ2) is 18.4. The highest BCUT2D eigenvalue weighted by Crippen LogP contribution is 2.39. The average molecular weight is 857 g/mol. The van der Waals surface area contributed by atoms with Gasteiger partial charge in [0.05, 0.1) is 19.3 Å². The van der Waals surface area contributed by atoms with Gasteiger partial charge in [0.1, 0.15) is 77.0 Å². The van der Waals surface area contributed by atoms with Gasteiger partial charge in [-0.1, -0.05) is 30.3 Å². The molecule has 10 N–H and O–H groups in total. The van der Waals surface area contributed by atoms with Crippen molar-refractivity contribution in [2.24, 2.45) is 0 Å². The summed E-state index contributed by atoms with van der Waals surface area (Å²) in [6, 6.07) is 16.1. The highest BCUT2D eigenvalue weighted by Gasteiger charge is 2.51. The molecule has 20 heteroatoms. The number of fused-ring (bicyclic) bond motifs is 1. The Kier molecular flexibility index (Phi) is 13.2. The summed E-state index contributed by atoms with van der Waals surface area (Å²) in [5.41, 5.74) is -0.552. The van der Waals surface area contributed by atoms with E-state index in [1.165, 1.54) is 43.3 Å². The van der Waals surface area contributed by atoms with Crippen molar-refractivity contribution in [3.05, 3.63) is 88.6 Å². The van der Waals surface area contributed by atoms with Crippen LogP contribution < -0.4 is 14.9 Å². The molecule has 4 aromatic rings. The van der Waals surface area contributed by atoms with E-state index < -0.39 is 128 Å². The molecule has 20 nitrogen and oxygen atoms in total. The molecule has 0 aliphatic carbocycles. The quantitative estimate of drug-likeness (QED) is 0.0638. The van der Waals surface area contributed by atoms with Crippen LogP contribution in [0.2, 0.25) is 0 Å². The Bertz CT molecular complexity index is 2230. The van der Waals surface area contributed by atoms with Crippen molar-refractivity contribution in [2.45, 2.75) is 92.9 Å². The molecular weight excluding hydrogens is 812 g/mol. The van der Waals surface area contributed by atoms with Gasteiger partial charge in [0.15, 0.2) is 24.3 Å². The van der Waals surface area contributed by atoms with Crippen LogP contribution in [-0.4, -0.2) is 156 Å². The van der Waals surface area contributed by atoms with Gasteiger partial charge in [0.2, 0.25) is 23.8 Å². The smallest absolute Gasteiger partial charge is 0.331 e. The zero-order chi connectivity index (χ0) is 43.7. The number of phenols is 2. The molecule has 3 aliphatic heterocycles. The van der Waals surface area contributed by atoms with Crippen LogP contribution in [0.1, 0.15) is 12.5 Å². The molecule has 7 rings (SSSR count). The van der Waals surface area contributed by atoms with Gasteiger partial charge >= 0.3 is 5.97 Å². The first kappa shape index (κ1) is 43.9. The molecule has 328 valence electrons. The van der Waals surface area contributed by atoms with E-state index in [-0.39, 0.29) is 28.4 Å². The van der Waals surface area contributed by atoms with Crippen LogP contribution >= 0.6 is 0 Å². The maximum atomic E-state index is 14.3. The summed E-state index contributed by atoms with van der Waals surface area (Å²) in [7, 11) is 0. The number of hydrogen-bond donors (Lipinski definition) is 10. The van der Waals surface area contributed by atoms with Gasteiger partial charge in [0.25, 0.3) is 0 Å². The maximum Gasteiger partial charge on any atom is 0.331 e. The predicted octanol–water partition coefficient (Wildman–Crippen LogP) is -1.02. The molecule has 1 aromatic heterocycles. The van der Waals surface area contributed by atoms with Crippen molar-refractivity contribution < 1.29 is 93.4 Å². The standard InChI is InChI=1S/C41H44O20/c1-17-28(47)32(51)33(52)39(55-17)56-21-13-22(44)27-24(14-21)57-35(19-8-10-20(43)11-9-19)37(31(27)50)60-41-38(29(48)23(45)16-54-41)61-40-34(53)36(30(49)25(15-42)58-40)59-26(46)12-7-18-5-3-2-4-6-18/h2-14,17,23,25,28-30,32-34,36,38-45,47-49,51-53H,15-16H2,1H3/b12-7+/t17-,23+,25+,28-,29-,30+,32+,33+,34+,36-,38+,39-,40-,41-/m0/s1. The molecule has 3 saturated heterocycles. The molecule has 0 amide bonds. The van der Waals surface area contributed by atoms with E-state index >= 15 is 0 Å². The number of ether oxygens (including phenoxy) is 7. The molecule has 0 saturated carbocycles. The molecule has 0 spiro atoms. The van der Waals surface area contributed by atoms with Gasteiger partial charge in [-0.3, -0.25) is 4.79 Å². The highest BCUT2D eigenvalue weighted by atomic mass is 16.8. The van der Waals surface area contributed by atoms with Crippen molar-refractivity contribution >= 4 is 23.0 Å². The minimum atomic E-state index is -1.98. The Morgan fingerprint density at radius 1 is 0.787 bits per heavy atom. The molecule has 4 heterocycles. The molecule has 0 bridgehead atoms. The maximum absolute atomic E-state index is 14.3. The molecule has 0 radical (unpaired) electrons. The third-order valence-corrected chi connectivity index (χ3v) is 10.3. The summed E-state index contributed by atoms with van der Waals surface area (Å²) in [6.45, 7) is 0.00602. The van der Waals surface area contributed by atoms with Gasteiger partial charge in [-0.05, 0) is 42.8 Å². The summed E-state index contributed by atoms with van der Waals surface area (Å²) in [6.07, 6.45) is -20.9. The number of benzene rings is 3. The van der Waals surface area contributed by atoms with Gasteiger partial charge in [-0.2, -0.15) is 0 Å². The SMILES string of the molecule is C[C@@H]1O[C@@H](Oc2cc(O)c3c(=O)c(O[C@@H]4OC[C@@H](O)[C@H](O)[C@H]4O[C@@H]4O[C@H](CO)[C@@H](O)[C@H](OC(=O)/C=C/c5ccccc5)[C@H]4O)c(-c4ccc(O)cc4)oc3c2)[C@H](O)[C@H](O)[C@H]1O. The fourth-order valence-corrected chi connectivity index (χ4v) is 6.97. The topological polar surface area (TPSA) is 314 Å². The lowest BCUT2D eigenvalue weighted by molar-refractivity contribution is -0.349. The molecule has 14 atom stereocenters. The molecule has 3 fully saturated rings. The van der Waals surface area contributed by atoms with E-state index in [2.05, 4.69) is 0 Å². The lowest BCUT2D eigenvalue weighted by Gasteiger charge is -2.44. The highest BCUT2D eigenvalue weighted by molar-refractivity contribution is 5.88. The van der Waals surface area contributed by atoms with Gasteiger partial charge < -0.3 is 88.6 Å². The second-order valence-corrected chi connectivity index (χ2v) is 14.6. The van der Waals surface area contributed by atoms with Crippen LogP contribution in [0.15, 0.2) is 82.0 Å². The molecule has 3 aromatic carbocycles. The molecular formula is C41H44O20. The minimum absolute atomic E-state index is 0.125. The van der Waals surface area contributed by atoms with Crippen LogP contribution in [-0.2, 0) is 28.5 Å². The third kappa shape index (κ3) is 9.21. The summed E-state index contributed by atoms with van der Waals surface area (Å²) in [5.74, 6) is -3.04. The first-order valence-electron chi connectivity index (χ1n) is 19.0. The van der Waals surface area contributed by atoms with Crippen LogP contribution in [0, 0.1) is 0 Å². The number of carbonyl (C=O) groups is 1. The van der Waals surface area contributed by atoms with Crippen molar-refractivity contribution in [1.29, 1.82) is 0 Å². The fraction of sp³-hybridized carbons (Fsp3) is 0.415. The number of esters is 1. The molecule has 0 unspecified atom stereocenters. The van der Waals surface area contributed by atoms with Crippen molar-refractivity contribution in [3.63, 3.8) is 0 Å². The van der Waals surface area contributed by atoms with Crippen LogP contribution in [0.4, 0.5) is 0 Å². The summed E-state index contributed by atoms with van der Waals surface area (Å²) >= 11 is 0. The van der Waals surface area contributed by atoms with Crippen LogP contribution in [0.3, 0.4) is 0 Å². The number of aromatic hydroxyl groups is 2. The first-order valence-corrected chi connectivity index (χ1v) is 19.0. The van der Waals surface area contributed by atoms with E-state index in [0.717, 1.165) is 12.1 Å². The van der Waals surface area contributed by atoms with E-state index in [1.807, 2.05) is 0 Å². The fourth-order valence-electron chi connectivity index (χ4n) is 6.97. The van der Waals surface area contributed by atoms with Crippen molar-refractivity contribution in [2.75, 3.05) is 13.2 Å². The number of phenolic OH excluding ortho intramolecular Hbond substituents is 2. The number of hydrogen-bond acceptors (Lipinski definition) is 20. The van der Waals surface area contributed by atoms with Crippen LogP contribution in [0.5, 0.6) is 23.0 Å². The van der Waals surface area contributed by atoms with Crippen molar-refractivity contribution in [3.8, 4) is 34.3 Å². The predicted molar refractivity (Wildman–Crippen MR) is 205 cm³/mol. The van der Waals surface area contributed by atoms with Crippen molar-refractivity contribution in [1.82, 2.24) is 0 Å². The average Bonchev–Trinajstić information content (AvgIpc) is 3.24. The Balaban J connectivity index is 1.20. The monoisotopic (exact) mass is 856 g/mol. The zero-order valence-corrected chi connectivity index (χ0v) is 32.1. The molecule has 3 aliphatic rings. The lowest BCUT2D eigenvalue weighted by atomic mass is 9.98. The minimum Gasteiger partial charge on any atom is -0.508 e.